The highest BCUT2D eigenvalue weighted by Crippen LogP contribution is 2.04. The van der Waals surface area contributed by atoms with Crippen molar-refractivity contribution in [1.29, 1.82) is 0 Å². The number of carboxylic acid groups (broad SMARTS) is 1. The van der Waals surface area contributed by atoms with Gasteiger partial charge in [-0.1, -0.05) is 13.8 Å². The van der Waals surface area contributed by atoms with Crippen molar-refractivity contribution >= 4 is 54.9 Å². The Morgan fingerprint density at radius 3 is 1.78 bits per heavy atom. The molecular formula is C18H35N7O5S2. The number of rotatable bonds is 15. The number of hydrogen-bond donors (Lipinski definition) is 9. The van der Waals surface area contributed by atoms with Crippen molar-refractivity contribution in [2.75, 3.05) is 18.1 Å². The molecule has 0 saturated carbocycles. The highest BCUT2D eigenvalue weighted by molar-refractivity contribution is 7.80. The molecule has 0 aliphatic rings. The number of nitrogens with one attached hydrogen (secondary N) is 3. The van der Waals surface area contributed by atoms with E-state index in [2.05, 4.69) is 46.2 Å². The molecule has 4 unspecified atom stereocenters. The number of carboxylic acids is 1. The van der Waals surface area contributed by atoms with Crippen LogP contribution in [0.2, 0.25) is 0 Å². The van der Waals surface area contributed by atoms with Crippen molar-refractivity contribution < 1.29 is 24.3 Å². The molecule has 0 aromatic rings. The van der Waals surface area contributed by atoms with Crippen molar-refractivity contribution in [3.8, 4) is 0 Å². The molecular weight excluding hydrogens is 458 g/mol. The fraction of sp³-hybridized carbons (Fsp3) is 0.722. The third kappa shape index (κ3) is 12.0. The molecule has 10 N–H and O–H groups in total. The van der Waals surface area contributed by atoms with Crippen molar-refractivity contribution in [3.63, 3.8) is 0 Å². The maximum Gasteiger partial charge on any atom is 0.326 e. The summed E-state index contributed by atoms with van der Waals surface area (Å²) in [4.78, 5) is 52.4. The van der Waals surface area contributed by atoms with Gasteiger partial charge in [0, 0.05) is 18.1 Å². The maximum absolute atomic E-state index is 12.5. The van der Waals surface area contributed by atoms with Crippen LogP contribution < -0.4 is 33.2 Å². The van der Waals surface area contributed by atoms with E-state index in [1.807, 2.05) is 13.8 Å². The smallest absolute Gasteiger partial charge is 0.326 e. The minimum atomic E-state index is -1.24. The largest absolute Gasteiger partial charge is 0.480 e. The van der Waals surface area contributed by atoms with E-state index in [0.29, 0.717) is 12.8 Å². The second kappa shape index (κ2) is 15.6. The summed E-state index contributed by atoms with van der Waals surface area (Å²) < 4.78 is 0. The fourth-order valence-corrected chi connectivity index (χ4v) is 3.10. The molecule has 0 aliphatic heterocycles. The van der Waals surface area contributed by atoms with Gasteiger partial charge in [-0.25, -0.2) is 4.79 Å². The van der Waals surface area contributed by atoms with Gasteiger partial charge in [0.05, 0.1) is 6.04 Å². The summed E-state index contributed by atoms with van der Waals surface area (Å²) in [6.07, 6.45) is 0.833. The van der Waals surface area contributed by atoms with Gasteiger partial charge in [-0.2, -0.15) is 25.3 Å². The van der Waals surface area contributed by atoms with E-state index in [9.17, 15) is 24.3 Å². The van der Waals surface area contributed by atoms with Gasteiger partial charge in [0.2, 0.25) is 17.7 Å². The van der Waals surface area contributed by atoms with Crippen LogP contribution in [0.4, 0.5) is 0 Å². The number of thiol groups is 2. The summed E-state index contributed by atoms with van der Waals surface area (Å²) in [5.41, 5.74) is 16.2. The normalized spacial score (nSPS) is 14.6. The number of carbonyl (C=O) groups is 4. The zero-order valence-electron chi connectivity index (χ0n) is 18.3. The lowest BCUT2D eigenvalue weighted by atomic mass is 10.0. The summed E-state index contributed by atoms with van der Waals surface area (Å²) in [7, 11) is 0. The Hall–Kier alpha value is -2.19. The molecule has 184 valence electrons. The van der Waals surface area contributed by atoms with Crippen LogP contribution in [0, 0.1) is 5.92 Å². The van der Waals surface area contributed by atoms with Gasteiger partial charge in [-0.15, -0.1) is 0 Å². The minimum Gasteiger partial charge on any atom is -0.480 e. The molecule has 32 heavy (non-hydrogen) atoms. The molecule has 0 radical (unpaired) electrons. The number of aliphatic imine (C=N–C) groups is 1. The van der Waals surface area contributed by atoms with Crippen molar-refractivity contribution in [2.45, 2.75) is 57.3 Å². The Kier molecular flexibility index (Phi) is 14.5. The summed E-state index contributed by atoms with van der Waals surface area (Å²) in [5.74, 6) is -3.21. The predicted octanol–water partition coefficient (Wildman–Crippen LogP) is -2.19. The van der Waals surface area contributed by atoms with E-state index in [1.54, 1.807) is 0 Å². The first-order valence-electron chi connectivity index (χ1n) is 10.1. The Morgan fingerprint density at radius 1 is 0.906 bits per heavy atom. The highest BCUT2D eigenvalue weighted by Gasteiger charge is 2.29. The standard InChI is InChI=1S/C18H35N7O5S2/c1-9(2)6-10(19)14(26)24-12(7-31)16(28)25-13(8-32)15(27)23-11(17(29)30)4-3-5-22-18(20)21/h9-13,31-32H,3-8,19H2,1-2H3,(H,23,27)(H,24,26)(H,25,28)(H,29,30)(H4,20,21,22). The second-order valence-electron chi connectivity index (χ2n) is 7.57. The zero-order valence-corrected chi connectivity index (χ0v) is 20.1. The van der Waals surface area contributed by atoms with Gasteiger partial charge >= 0.3 is 5.97 Å². The van der Waals surface area contributed by atoms with E-state index in [0.717, 1.165) is 0 Å². The van der Waals surface area contributed by atoms with Crippen molar-refractivity contribution in [1.82, 2.24) is 16.0 Å². The van der Waals surface area contributed by atoms with Gasteiger partial charge < -0.3 is 38.3 Å². The summed E-state index contributed by atoms with van der Waals surface area (Å²) in [5, 5.41) is 16.6. The molecule has 0 heterocycles. The monoisotopic (exact) mass is 493 g/mol. The molecule has 0 rings (SSSR count). The average molecular weight is 494 g/mol. The first-order valence-corrected chi connectivity index (χ1v) is 11.4. The van der Waals surface area contributed by atoms with E-state index in [4.69, 9.17) is 17.2 Å². The number of aliphatic carboxylic acids is 1. The molecule has 0 aliphatic carbocycles. The van der Waals surface area contributed by atoms with Gasteiger partial charge in [-0.3, -0.25) is 19.4 Å². The number of hydrogen-bond acceptors (Lipinski definition) is 8. The third-order valence-electron chi connectivity index (χ3n) is 4.25. The summed E-state index contributed by atoms with van der Waals surface area (Å²) in [6.45, 7) is 4.03. The predicted molar refractivity (Wildman–Crippen MR) is 128 cm³/mol. The van der Waals surface area contributed by atoms with Crippen molar-refractivity contribution in [2.24, 2.45) is 28.1 Å². The van der Waals surface area contributed by atoms with Gasteiger partial charge in [-0.05, 0) is 25.2 Å². The molecule has 4 atom stereocenters. The molecule has 0 fully saturated rings. The van der Waals surface area contributed by atoms with Gasteiger partial charge in [0.1, 0.15) is 18.1 Å². The van der Waals surface area contributed by atoms with Gasteiger partial charge in [0.25, 0.3) is 0 Å². The van der Waals surface area contributed by atoms with Crippen molar-refractivity contribution in [3.05, 3.63) is 0 Å². The average Bonchev–Trinajstić information content (AvgIpc) is 2.70. The van der Waals surface area contributed by atoms with E-state index in [1.165, 1.54) is 0 Å². The number of carbonyl (C=O) groups excluding carboxylic acids is 3. The lowest BCUT2D eigenvalue weighted by Gasteiger charge is -2.24. The molecule has 14 heteroatoms. The number of amides is 3. The molecule has 0 saturated heterocycles. The van der Waals surface area contributed by atoms with Crippen LogP contribution in [0.5, 0.6) is 0 Å². The lowest BCUT2D eigenvalue weighted by molar-refractivity contribution is -0.142. The molecule has 3 amide bonds. The van der Waals surface area contributed by atoms with Crippen LogP contribution in [-0.2, 0) is 19.2 Å². The maximum atomic E-state index is 12.5. The molecule has 0 bridgehead atoms. The number of guanidine groups is 1. The van der Waals surface area contributed by atoms with Crippen LogP contribution in [0.25, 0.3) is 0 Å². The van der Waals surface area contributed by atoms with E-state index < -0.39 is 47.9 Å². The topological polar surface area (TPSA) is 215 Å². The SMILES string of the molecule is CC(C)CC(N)C(=O)NC(CS)C(=O)NC(CS)C(=O)NC(CCCN=C(N)N)C(=O)O. The van der Waals surface area contributed by atoms with Crippen LogP contribution >= 0.6 is 25.3 Å². The first kappa shape index (κ1) is 29.8. The van der Waals surface area contributed by atoms with Crippen LogP contribution in [0.15, 0.2) is 4.99 Å². The highest BCUT2D eigenvalue weighted by atomic mass is 32.1. The third-order valence-corrected chi connectivity index (χ3v) is 4.98. The van der Waals surface area contributed by atoms with Crippen LogP contribution in [0.3, 0.4) is 0 Å². The molecule has 0 spiro atoms. The lowest BCUT2D eigenvalue weighted by Crippen LogP contribution is -2.58. The van der Waals surface area contributed by atoms with E-state index in [-0.39, 0.29) is 36.3 Å². The second-order valence-corrected chi connectivity index (χ2v) is 8.30. The summed E-state index contributed by atoms with van der Waals surface area (Å²) in [6, 6.07) is -4.15. The molecule has 0 aromatic carbocycles. The van der Waals surface area contributed by atoms with Crippen LogP contribution in [0.1, 0.15) is 33.1 Å². The zero-order chi connectivity index (χ0) is 24.8. The number of nitrogens with two attached hydrogens (primary N) is 3. The number of nitrogens with zero attached hydrogens (tertiary/aromatic N) is 1. The Balaban J connectivity index is 4.95. The Labute approximate surface area is 198 Å². The Morgan fingerprint density at radius 2 is 1.38 bits per heavy atom. The quantitative estimate of drug-likeness (QED) is 0.0527. The minimum absolute atomic E-state index is 0.0323. The van der Waals surface area contributed by atoms with Crippen LogP contribution in [-0.4, -0.2) is 77.0 Å². The Bertz CT molecular complexity index is 674. The summed E-state index contributed by atoms with van der Waals surface area (Å²) >= 11 is 8.13. The molecule has 12 nitrogen and oxygen atoms in total. The van der Waals surface area contributed by atoms with E-state index >= 15 is 0 Å². The fourth-order valence-electron chi connectivity index (χ4n) is 2.59. The molecule has 0 aromatic heterocycles. The van der Waals surface area contributed by atoms with Gasteiger partial charge in [0.15, 0.2) is 5.96 Å². The first-order chi connectivity index (χ1) is 14.9.